The highest BCUT2D eigenvalue weighted by Crippen LogP contribution is 2.28. The van der Waals surface area contributed by atoms with Gasteiger partial charge in [-0.05, 0) is 25.0 Å². The molecule has 2 aliphatic rings. The molecule has 2 heterocycles. The maximum atomic E-state index is 12.2. The molecule has 3 N–H and O–H groups in total. The molecule has 1 aromatic rings. The van der Waals surface area contributed by atoms with Crippen molar-refractivity contribution < 1.29 is 18.0 Å². The van der Waals surface area contributed by atoms with E-state index in [1.807, 2.05) is 30.3 Å². The zero-order valence-electron chi connectivity index (χ0n) is 15.0. The molecule has 9 heteroatoms. The van der Waals surface area contributed by atoms with E-state index in [0.717, 1.165) is 5.75 Å². The summed E-state index contributed by atoms with van der Waals surface area (Å²) in [5.41, 5.74) is 0. The molecule has 2 aliphatic heterocycles. The highest BCUT2D eigenvalue weighted by Gasteiger charge is 2.51. The maximum Gasteiger partial charge on any atom is 0.315 e. The van der Waals surface area contributed by atoms with E-state index < -0.39 is 15.1 Å². The Morgan fingerprint density at radius 1 is 1.19 bits per heavy atom. The van der Waals surface area contributed by atoms with E-state index in [4.69, 9.17) is 0 Å². The number of fused-ring (bicyclic) bond motifs is 1. The molecule has 0 aliphatic carbocycles. The Morgan fingerprint density at radius 2 is 1.96 bits per heavy atom. The van der Waals surface area contributed by atoms with Crippen molar-refractivity contribution in [2.75, 3.05) is 18.1 Å². The van der Waals surface area contributed by atoms with Gasteiger partial charge in [-0.1, -0.05) is 24.6 Å². The van der Waals surface area contributed by atoms with E-state index in [2.05, 4.69) is 16.0 Å². The highest BCUT2D eigenvalue weighted by atomic mass is 32.2. The largest absolute Gasteiger partial charge is 0.355 e. The minimum atomic E-state index is -3.19. The number of hydrogen-bond acceptors (Lipinski definition) is 5. The summed E-state index contributed by atoms with van der Waals surface area (Å²) in [4.78, 5) is 24.5. The van der Waals surface area contributed by atoms with Crippen molar-refractivity contribution in [3.8, 4) is 0 Å². The fourth-order valence-electron chi connectivity index (χ4n) is 3.60. The highest BCUT2D eigenvalue weighted by molar-refractivity contribution is 7.99. The van der Waals surface area contributed by atoms with Gasteiger partial charge in [0, 0.05) is 23.6 Å². The molecule has 3 atom stereocenters. The number of carbonyl (C=O) groups excluding carboxylic acids is 2. The van der Waals surface area contributed by atoms with Gasteiger partial charge >= 0.3 is 6.03 Å². The van der Waals surface area contributed by atoms with Gasteiger partial charge in [-0.25, -0.2) is 13.2 Å². The normalized spacial score (nSPS) is 25.5. The number of amides is 3. The topological polar surface area (TPSA) is 104 Å². The lowest BCUT2D eigenvalue weighted by Gasteiger charge is -2.16. The zero-order chi connectivity index (χ0) is 19.3. The number of nitrogens with one attached hydrogen (secondary N) is 3. The van der Waals surface area contributed by atoms with Crippen LogP contribution in [0.2, 0.25) is 0 Å². The lowest BCUT2D eigenvalue weighted by molar-refractivity contribution is -0.121. The first kappa shape index (κ1) is 20.0. The van der Waals surface area contributed by atoms with Crippen LogP contribution in [-0.4, -0.2) is 55.7 Å². The van der Waals surface area contributed by atoms with Crippen molar-refractivity contribution in [3.05, 3.63) is 30.3 Å². The van der Waals surface area contributed by atoms with Gasteiger partial charge in [0.2, 0.25) is 5.91 Å². The molecule has 2 saturated heterocycles. The summed E-state index contributed by atoms with van der Waals surface area (Å²) in [6.45, 7) is 0.608. The summed E-state index contributed by atoms with van der Waals surface area (Å²) >= 11 is 1.69. The molecule has 0 radical (unpaired) electrons. The first-order valence-electron chi connectivity index (χ1n) is 9.19. The van der Waals surface area contributed by atoms with Gasteiger partial charge < -0.3 is 16.0 Å². The zero-order valence-corrected chi connectivity index (χ0v) is 16.7. The first-order chi connectivity index (χ1) is 13.0. The maximum absolute atomic E-state index is 12.2. The van der Waals surface area contributed by atoms with E-state index in [0.29, 0.717) is 32.2 Å². The minimum Gasteiger partial charge on any atom is -0.355 e. The number of benzene rings is 1. The third-order valence-corrected chi connectivity index (χ3v) is 8.19. The lowest BCUT2D eigenvalue weighted by atomic mass is 10.0. The first-order valence-corrected chi connectivity index (χ1v) is 11.9. The Balaban J connectivity index is 1.30. The predicted molar refractivity (Wildman–Crippen MR) is 105 cm³/mol. The third kappa shape index (κ3) is 5.38. The smallest absolute Gasteiger partial charge is 0.315 e. The molecular formula is C18H25N3O4S2. The molecule has 3 amide bonds. The Labute approximate surface area is 164 Å². The van der Waals surface area contributed by atoms with Crippen LogP contribution in [0.5, 0.6) is 0 Å². The summed E-state index contributed by atoms with van der Waals surface area (Å²) in [5.74, 6) is 0.804. The van der Waals surface area contributed by atoms with Crippen LogP contribution >= 0.6 is 11.8 Å². The van der Waals surface area contributed by atoms with E-state index in [9.17, 15) is 18.0 Å². The van der Waals surface area contributed by atoms with Gasteiger partial charge in [0.25, 0.3) is 0 Å². The lowest BCUT2D eigenvalue weighted by Crippen LogP contribution is -2.39. The van der Waals surface area contributed by atoms with Crippen LogP contribution in [0.25, 0.3) is 0 Å². The number of carbonyl (C=O) groups is 2. The van der Waals surface area contributed by atoms with Crippen LogP contribution in [0.15, 0.2) is 35.2 Å². The Morgan fingerprint density at radius 3 is 2.74 bits per heavy atom. The monoisotopic (exact) mass is 411 g/mol. The molecule has 7 nitrogen and oxygen atoms in total. The summed E-state index contributed by atoms with van der Waals surface area (Å²) in [6.07, 6.45) is 2.15. The van der Waals surface area contributed by atoms with E-state index >= 15 is 0 Å². The fraction of sp³-hybridized carbons (Fsp3) is 0.556. The number of hydrogen-bond donors (Lipinski definition) is 3. The Bertz CT molecular complexity index is 770. The summed E-state index contributed by atoms with van der Waals surface area (Å²) in [5, 5.41) is 7.71. The average Bonchev–Trinajstić information content (AvgIpc) is 3.08. The number of rotatable bonds is 9. The van der Waals surface area contributed by atoms with Crippen molar-refractivity contribution in [2.45, 2.75) is 47.9 Å². The fourth-order valence-corrected chi connectivity index (χ4v) is 6.66. The van der Waals surface area contributed by atoms with Gasteiger partial charge in [0.1, 0.15) is 0 Å². The SMILES string of the molecule is O=C(CCCC[C@@H]1[C@@H]2NC(=O)N[C@@H]2CS1(=O)=O)NCCSc1ccccc1. The van der Waals surface area contributed by atoms with Crippen molar-refractivity contribution >= 4 is 33.5 Å². The minimum absolute atomic E-state index is 0.000635. The second-order valence-electron chi connectivity index (χ2n) is 6.88. The van der Waals surface area contributed by atoms with Gasteiger partial charge in [0.15, 0.2) is 9.84 Å². The van der Waals surface area contributed by atoms with Crippen molar-refractivity contribution in [3.63, 3.8) is 0 Å². The van der Waals surface area contributed by atoms with Gasteiger partial charge in [-0.2, -0.15) is 0 Å². The molecule has 1 aromatic carbocycles. The molecule has 0 aromatic heterocycles. The molecular weight excluding hydrogens is 386 g/mol. The van der Waals surface area contributed by atoms with Crippen LogP contribution in [0.1, 0.15) is 25.7 Å². The number of thioether (sulfide) groups is 1. The second-order valence-corrected chi connectivity index (χ2v) is 10.3. The van der Waals surface area contributed by atoms with Crippen LogP contribution in [0.4, 0.5) is 4.79 Å². The van der Waals surface area contributed by atoms with E-state index in [1.54, 1.807) is 11.8 Å². The second kappa shape index (κ2) is 8.97. The number of unbranched alkanes of at least 4 members (excludes halogenated alkanes) is 1. The van der Waals surface area contributed by atoms with Gasteiger partial charge in [-0.3, -0.25) is 4.79 Å². The third-order valence-electron chi connectivity index (χ3n) is 4.90. The van der Waals surface area contributed by atoms with Crippen molar-refractivity contribution in [1.29, 1.82) is 0 Å². The molecule has 0 bridgehead atoms. The van der Waals surface area contributed by atoms with Gasteiger partial charge in [-0.15, -0.1) is 11.8 Å². The molecule has 27 heavy (non-hydrogen) atoms. The van der Waals surface area contributed by atoms with Gasteiger partial charge in [0.05, 0.1) is 23.1 Å². The van der Waals surface area contributed by atoms with Crippen LogP contribution < -0.4 is 16.0 Å². The van der Waals surface area contributed by atoms with Crippen molar-refractivity contribution in [2.24, 2.45) is 0 Å². The molecule has 2 fully saturated rings. The Kier molecular flexibility index (Phi) is 6.64. The predicted octanol–water partition coefficient (Wildman–Crippen LogP) is 1.30. The molecule has 3 rings (SSSR count). The van der Waals surface area contributed by atoms with Crippen LogP contribution in [-0.2, 0) is 14.6 Å². The standard InChI is InChI=1S/C18H25N3O4S2/c22-16(19-10-11-26-13-6-2-1-3-7-13)9-5-4-8-15-17-14(12-27(15,24)25)20-18(23)21-17/h1-3,6-7,14-15,17H,4-5,8-12H2,(H,19,22)(H2,20,21,23)/t14-,15-,17-/m1/s1. The summed E-state index contributed by atoms with van der Waals surface area (Å²) in [7, 11) is -3.19. The molecule has 0 saturated carbocycles. The van der Waals surface area contributed by atoms with E-state index in [1.165, 1.54) is 4.90 Å². The number of urea groups is 1. The quantitative estimate of drug-likeness (QED) is 0.323. The van der Waals surface area contributed by atoms with Crippen LogP contribution in [0.3, 0.4) is 0 Å². The van der Waals surface area contributed by atoms with Crippen LogP contribution in [0, 0.1) is 0 Å². The molecule has 148 valence electrons. The Hall–Kier alpha value is -1.74. The van der Waals surface area contributed by atoms with E-state index in [-0.39, 0.29) is 29.8 Å². The number of sulfone groups is 1. The molecule has 0 spiro atoms. The summed E-state index contributed by atoms with van der Waals surface area (Å²) < 4.78 is 24.5. The average molecular weight is 412 g/mol. The molecule has 0 unspecified atom stereocenters. The summed E-state index contributed by atoms with van der Waals surface area (Å²) in [6, 6.07) is 9.07. The van der Waals surface area contributed by atoms with Crippen molar-refractivity contribution in [1.82, 2.24) is 16.0 Å².